The molecule has 6 heteroatoms. The lowest BCUT2D eigenvalue weighted by Crippen LogP contribution is -2.23. The molecule has 36 heavy (non-hydrogen) atoms. The highest BCUT2D eigenvalue weighted by Crippen LogP contribution is 2.43. The Labute approximate surface area is 210 Å². The summed E-state index contributed by atoms with van der Waals surface area (Å²) < 4.78 is 73.5. The van der Waals surface area contributed by atoms with Gasteiger partial charge in [-0.15, -0.1) is 0 Å². The van der Waals surface area contributed by atoms with E-state index in [1.807, 2.05) is 0 Å². The Kier molecular flexibility index (Phi) is 8.74. The molecule has 0 bridgehead atoms. The van der Waals surface area contributed by atoms with E-state index in [1.165, 1.54) is 57.1 Å². The molecule has 196 valence electrons. The maximum atomic E-state index is 14.6. The lowest BCUT2D eigenvalue weighted by molar-refractivity contribution is -0.185. The average Bonchev–Trinajstić information content (AvgIpc) is 2.88. The molecule has 0 aliphatic heterocycles. The zero-order valence-corrected chi connectivity index (χ0v) is 20.8. The number of halogens is 5. The molecule has 0 saturated heterocycles. The van der Waals surface area contributed by atoms with Gasteiger partial charge < -0.3 is 4.74 Å². The molecule has 0 heterocycles. The Morgan fingerprint density at radius 3 is 2.11 bits per heavy atom. The summed E-state index contributed by atoms with van der Waals surface area (Å²) in [4.78, 5) is 0. The summed E-state index contributed by atoms with van der Waals surface area (Å²) in [6, 6.07) is 6.79. The molecule has 1 fully saturated rings. The molecule has 0 amide bonds. The number of hydrogen-bond donors (Lipinski definition) is 0. The number of unbranched alkanes of at least 4 members (excludes halogenated alkanes) is 2. The SMILES string of the molecule is CCCCCC1=CCC(C2CCC(c3ccc(C(F)(F)Oc4cc(F)c(F)c(F)c4)cc3)CC2)CC1. The third kappa shape index (κ3) is 6.49. The predicted molar refractivity (Wildman–Crippen MR) is 132 cm³/mol. The summed E-state index contributed by atoms with van der Waals surface area (Å²) >= 11 is 0. The van der Waals surface area contributed by atoms with Gasteiger partial charge in [-0.05, 0) is 93.2 Å². The van der Waals surface area contributed by atoms with Crippen LogP contribution >= 0.6 is 0 Å². The summed E-state index contributed by atoms with van der Waals surface area (Å²) in [5.74, 6) is -3.81. The molecular weight excluding hydrogens is 471 g/mol. The second-order valence-electron chi connectivity index (χ2n) is 10.4. The molecule has 2 aromatic rings. The third-order valence-electron chi connectivity index (χ3n) is 8.01. The fraction of sp³-hybridized carbons (Fsp3) is 0.533. The minimum Gasteiger partial charge on any atom is -0.429 e. The van der Waals surface area contributed by atoms with Gasteiger partial charge in [-0.25, -0.2) is 13.2 Å². The van der Waals surface area contributed by atoms with Gasteiger partial charge in [0.15, 0.2) is 17.5 Å². The summed E-state index contributed by atoms with van der Waals surface area (Å²) in [7, 11) is 0. The van der Waals surface area contributed by atoms with Crippen LogP contribution < -0.4 is 4.74 Å². The molecule has 0 radical (unpaired) electrons. The van der Waals surface area contributed by atoms with Crippen LogP contribution in [0.1, 0.15) is 94.6 Å². The number of ether oxygens (including phenoxy) is 1. The van der Waals surface area contributed by atoms with Crippen LogP contribution in [0, 0.1) is 29.3 Å². The van der Waals surface area contributed by atoms with Crippen LogP contribution in [-0.2, 0) is 6.11 Å². The summed E-state index contributed by atoms with van der Waals surface area (Å²) in [5.41, 5.74) is 2.24. The molecule has 0 aromatic heterocycles. The summed E-state index contributed by atoms with van der Waals surface area (Å²) in [6.45, 7) is 2.24. The van der Waals surface area contributed by atoms with Crippen molar-refractivity contribution in [1.82, 2.24) is 0 Å². The molecule has 1 saturated carbocycles. The number of allylic oxidation sites excluding steroid dienone is 2. The first-order chi connectivity index (χ1) is 17.3. The molecule has 1 unspecified atom stereocenters. The van der Waals surface area contributed by atoms with E-state index in [0.717, 1.165) is 43.1 Å². The molecule has 1 atom stereocenters. The van der Waals surface area contributed by atoms with Gasteiger partial charge in [-0.2, -0.15) is 8.78 Å². The lowest BCUT2D eigenvalue weighted by atomic mass is 9.70. The van der Waals surface area contributed by atoms with E-state index in [0.29, 0.717) is 18.1 Å². The Balaban J connectivity index is 1.30. The van der Waals surface area contributed by atoms with Gasteiger partial charge in [0, 0.05) is 12.1 Å². The fourth-order valence-electron chi connectivity index (χ4n) is 5.84. The van der Waals surface area contributed by atoms with E-state index in [1.54, 1.807) is 17.7 Å². The van der Waals surface area contributed by atoms with Crippen LogP contribution in [0.15, 0.2) is 48.0 Å². The smallest absolute Gasteiger partial charge is 0.426 e. The minimum absolute atomic E-state index is 0.342. The summed E-state index contributed by atoms with van der Waals surface area (Å²) in [6.07, 6.45) is 12.0. The van der Waals surface area contributed by atoms with Gasteiger partial charge >= 0.3 is 6.11 Å². The Morgan fingerprint density at radius 1 is 0.861 bits per heavy atom. The number of benzene rings is 2. The Hall–Kier alpha value is -2.37. The van der Waals surface area contributed by atoms with Crippen LogP contribution in [0.4, 0.5) is 22.0 Å². The van der Waals surface area contributed by atoms with Crippen molar-refractivity contribution in [3.8, 4) is 5.75 Å². The van der Waals surface area contributed by atoms with Crippen LogP contribution in [0.3, 0.4) is 0 Å². The number of rotatable bonds is 9. The highest BCUT2D eigenvalue weighted by atomic mass is 19.3. The van der Waals surface area contributed by atoms with E-state index >= 15 is 0 Å². The zero-order chi connectivity index (χ0) is 25.7. The van der Waals surface area contributed by atoms with Gasteiger partial charge in [0.2, 0.25) is 0 Å². The molecule has 0 spiro atoms. The number of alkyl halides is 2. The highest BCUT2D eigenvalue weighted by Gasteiger charge is 2.36. The second-order valence-corrected chi connectivity index (χ2v) is 10.4. The minimum atomic E-state index is -3.81. The molecule has 1 nitrogen and oxygen atoms in total. The molecule has 0 N–H and O–H groups in total. The standard InChI is InChI=1S/C30H35F5O/c1-2-3-4-5-20-6-8-21(9-7-20)22-10-12-23(13-11-22)24-14-16-25(17-15-24)30(34,35)36-26-18-27(31)29(33)28(32)19-26/h6,14-19,21-23H,2-5,7-13H2,1H3. The van der Waals surface area contributed by atoms with E-state index in [4.69, 9.17) is 0 Å². The van der Waals surface area contributed by atoms with Crippen molar-refractivity contribution >= 4 is 0 Å². The van der Waals surface area contributed by atoms with E-state index in [2.05, 4.69) is 17.7 Å². The first-order valence-corrected chi connectivity index (χ1v) is 13.3. The largest absolute Gasteiger partial charge is 0.429 e. The predicted octanol–water partition coefficient (Wildman–Crippen LogP) is 9.81. The quantitative estimate of drug-likeness (QED) is 0.142. The lowest BCUT2D eigenvalue weighted by Gasteiger charge is -2.35. The van der Waals surface area contributed by atoms with Crippen molar-refractivity contribution in [1.29, 1.82) is 0 Å². The van der Waals surface area contributed by atoms with Crippen LogP contribution in [-0.4, -0.2) is 0 Å². The third-order valence-corrected chi connectivity index (χ3v) is 8.01. The Bertz CT molecular complexity index is 1010. The monoisotopic (exact) mass is 506 g/mol. The van der Waals surface area contributed by atoms with Crippen LogP contribution in [0.2, 0.25) is 0 Å². The van der Waals surface area contributed by atoms with E-state index in [-0.39, 0.29) is 0 Å². The van der Waals surface area contributed by atoms with Gasteiger partial charge in [0.25, 0.3) is 0 Å². The van der Waals surface area contributed by atoms with Gasteiger partial charge in [-0.1, -0.05) is 43.5 Å². The van der Waals surface area contributed by atoms with Crippen LogP contribution in [0.5, 0.6) is 5.75 Å². The van der Waals surface area contributed by atoms with Crippen molar-refractivity contribution in [2.45, 2.75) is 89.6 Å². The van der Waals surface area contributed by atoms with Crippen molar-refractivity contribution < 1.29 is 26.7 Å². The fourth-order valence-corrected chi connectivity index (χ4v) is 5.84. The first kappa shape index (κ1) is 26.7. The van der Waals surface area contributed by atoms with Gasteiger partial charge in [0.1, 0.15) is 5.75 Å². The molecule has 2 aliphatic rings. The van der Waals surface area contributed by atoms with Gasteiger partial charge in [-0.3, -0.25) is 0 Å². The normalized spacial score (nSPS) is 22.8. The van der Waals surface area contributed by atoms with Crippen molar-refractivity contribution in [2.24, 2.45) is 11.8 Å². The molecular formula is C30H35F5O. The zero-order valence-electron chi connectivity index (χ0n) is 20.8. The maximum Gasteiger partial charge on any atom is 0.426 e. The molecule has 4 rings (SSSR count). The molecule has 2 aromatic carbocycles. The molecule has 2 aliphatic carbocycles. The van der Waals surface area contributed by atoms with Gasteiger partial charge in [0.05, 0.1) is 5.56 Å². The highest BCUT2D eigenvalue weighted by molar-refractivity contribution is 5.30. The number of hydrogen-bond acceptors (Lipinski definition) is 1. The van der Waals surface area contributed by atoms with Crippen molar-refractivity contribution in [2.75, 3.05) is 0 Å². The Morgan fingerprint density at radius 2 is 1.53 bits per heavy atom. The maximum absolute atomic E-state index is 14.6. The first-order valence-electron chi connectivity index (χ1n) is 13.3. The van der Waals surface area contributed by atoms with E-state index < -0.39 is 34.9 Å². The summed E-state index contributed by atoms with van der Waals surface area (Å²) in [5, 5.41) is 0. The van der Waals surface area contributed by atoms with E-state index in [9.17, 15) is 22.0 Å². The van der Waals surface area contributed by atoms with Crippen molar-refractivity contribution in [3.63, 3.8) is 0 Å². The topological polar surface area (TPSA) is 9.23 Å². The van der Waals surface area contributed by atoms with Crippen molar-refractivity contribution in [3.05, 3.63) is 76.6 Å². The average molecular weight is 507 g/mol. The van der Waals surface area contributed by atoms with Crippen LogP contribution in [0.25, 0.3) is 0 Å². The second kappa shape index (κ2) is 11.8.